The Hall–Kier alpha value is -2.00. The highest BCUT2D eigenvalue weighted by molar-refractivity contribution is 6.08. The summed E-state index contributed by atoms with van der Waals surface area (Å²) in [6.07, 6.45) is -6.32. The minimum Gasteiger partial charge on any atom is -0.348 e. The van der Waals surface area contributed by atoms with E-state index in [0.717, 1.165) is 15.9 Å². The molecule has 4 nitrogen and oxygen atoms in total. The molecular weight excluding hydrogens is 302 g/mol. The quantitative estimate of drug-likeness (QED) is 0.644. The van der Waals surface area contributed by atoms with Crippen molar-refractivity contribution in [2.45, 2.75) is 18.0 Å². The molecule has 0 radical (unpaired) electrons. The largest absolute Gasteiger partial charge is 0.443 e. The zero-order chi connectivity index (χ0) is 16.1. The molecule has 0 N–H and O–H groups in total. The number of aliphatic imine (C=N–C) groups is 2. The van der Waals surface area contributed by atoms with Crippen molar-refractivity contribution in [2.24, 2.45) is 9.98 Å². The minimum atomic E-state index is -5.71. The molecule has 2 rings (SSSR count). The van der Waals surface area contributed by atoms with Crippen LogP contribution >= 0.6 is 0 Å². The van der Waals surface area contributed by atoms with Gasteiger partial charge in [0.25, 0.3) is 0 Å². The Morgan fingerprint density at radius 2 is 1.57 bits per heavy atom. The van der Waals surface area contributed by atoms with Gasteiger partial charge in [0.1, 0.15) is 5.84 Å². The van der Waals surface area contributed by atoms with Gasteiger partial charge in [0, 0.05) is 20.3 Å². The molecule has 0 aromatic rings. The van der Waals surface area contributed by atoms with Crippen LogP contribution in [0.5, 0.6) is 0 Å². The molecule has 0 amide bonds. The molecule has 0 aromatic carbocycles. The standard InChI is InChI=1S/C11H10F6N4/c1-20(2)8-19-9(10(12,13)14,11(15,16)17)18-7-5-3-4-6-21(7)8/h3-6H,1-2H3. The molecule has 0 unspecified atom stereocenters. The first-order valence-electron chi connectivity index (χ1n) is 5.64. The SMILES string of the molecule is CN(C)C1=NC(C(F)(F)F)(C(F)(F)F)N=C2C=CC=CN21. The topological polar surface area (TPSA) is 31.2 Å². The van der Waals surface area contributed by atoms with E-state index in [2.05, 4.69) is 9.98 Å². The Balaban J connectivity index is 2.71. The summed E-state index contributed by atoms with van der Waals surface area (Å²) in [5, 5.41) is 0. The van der Waals surface area contributed by atoms with Gasteiger partial charge in [-0.2, -0.15) is 26.3 Å². The van der Waals surface area contributed by atoms with Crippen molar-refractivity contribution in [1.29, 1.82) is 0 Å². The molecule has 0 atom stereocenters. The third kappa shape index (κ3) is 2.28. The maximum absolute atomic E-state index is 13.1. The van der Waals surface area contributed by atoms with Crippen molar-refractivity contribution < 1.29 is 26.3 Å². The molecular formula is C11H10F6N4. The van der Waals surface area contributed by atoms with Crippen LogP contribution in [-0.4, -0.2) is 53.7 Å². The monoisotopic (exact) mass is 312 g/mol. The van der Waals surface area contributed by atoms with Crippen molar-refractivity contribution in [1.82, 2.24) is 9.80 Å². The Morgan fingerprint density at radius 3 is 2.05 bits per heavy atom. The van der Waals surface area contributed by atoms with Gasteiger partial charge in [-0.05, 0) is 12.2 Å². The van der Waals surface area contributed by atoms with Crippen molar-refractivity contribution in [3.63, 3.8) is 0 Å². The molecule has 0 aliphatic carbocycles. The van der Waals surface area contributed by atoms with Crippen LogP contribution in [-0.2, 0) is 0 Å². The predicted octanol–water partition coefficient (Wildman–Crippen LogP) is 2.52. The number of rotatable bonds is 0. The highest BCUT2D eigenvalue weighted by Crippen LogP contribution is 2.48. The van der Waals surface area contributed by atoms with Gasteiger partial charge < -0.3 is 4.90 Å². The maximum atomic E-state index is 13.1. The van der Waals surface area contributed by atoms with E-state index in [-0.39, 0.29) is 0 Å². The van der Waals surface area contributed by atoms with Crippen molar-refractivity contribution in [2.75, 3.05) is 14.1 Å². The summed E-state index contributed by atoms with van der Waals surface area (Å²) in [5.74, 6) is -0.985. The highest BCUT2D eigenvalue weighted by Gasteiger charge is 2.74. The molecule has 2 heterocycles. The Kier molecular flexibility index (Phi) is 3.30. The fourth-order valence-electron chi connectivity index (χ4n) is 1.81. The second-order valence-corrected chi connectivity index (χ2v) is 4.51. The lowest BCUT2D eigenvalue weighted by atomic mass is 10.1. The Labute approximate surface area is 115 Å². The lowest BCUT2D eigenvalue weighted by Gasteiger charge is -2.39. The number of allylic oxidation sites excluding steroid dienone is 2. The average molecular weight is 312 g/mol. The lowest BCUT2D eigenvalue weighted by Crippen LogP contribution is -2.60. The molecule has 2 aliphatic heterocycles. The third-order valence-corrected chi connectivity index (χ3v) is 2.78. The van der Waals surface area contributed by atoms with Gasteiger partial charge in [0.2, 0.25) is 5.96 Å². The fourth-order valence-corrected chi connectivity index (χ4v) is 1.81. The highest BCUT2D eigenvalue weighted by atomic mass is 19.4. The van der Waals surface area contributed by atoms with Crippen LogP contribution in [0.15, 0.2) is 34.4 Å². The number of alkyl halides is 6. The zero-order valence-electron chi connectivity index (χ0n) is 10.9. The number of halogens is 6. The normalized spacial score (nSPS) is 20.9. The molecule has 0 bridgehead atoms. The van der Waals surface area contributed by atoms with Gasteiger partial charge in [-0.25, -0.2) is 9.98 Å². The first kappa shape index (κ1) is 15.4. The van der Waals surface area contributed by atoms with E-state index in [0.29, 0.717) is 0 Å². The van der Waals surface area contributed by atoms with Crippen LogP contribution in [0.4, 0.5) is 26.3 Å². The smallest absolute Gasteiger partial charge is 0.348 e. The molecule has 0 aromatic heterocycles. The average Bonchev–Trinajstić information content (AvgIpc) is 2.34. The molecule has 0 saturated carbocycles. The summed E-state index contributed by atoms with van der Waals surface area (Å²) in [7, 11) is 2.59. The first-order chi connectivity index (χ1) is 9.49. The van der Waals surface area contributed by atoms with Gasteiger partial charge in [-0.15, -0.1) is 0 Å². The molecule has 0 fully saturated rings. The first-order valence-corrected chi connectivity index (χ1v) is 5.64. The second kappa shape index (κ2) is 4.50. The van der Waals surface area contributed by atoms with E-state index >= 15 is 0 Å². The van der Waals surface area contributed by atoms with Crippen molar-refractivity contribution >= 4 is 11.8 Å². The Morgan fingerprint density at radius 1 is 1.00 bits per heavy atom. The molecule has 2 aliphatic rings. The molecule has 116 valence electrons. The summed E-state index contributed by atoms with van der Waals surface area (Å²) in [6.45, 7) is 0. The number of guanidine groups is 1. The summed E-state index contributed by atoms with van der Waals surface area (Å²) >= 11 is 0. The van der Waals surface area contributed by atoms with Crippen LogP contribution < -0.4 is 0 Å². The Bertz CT molecular complexity index is 538. The predicted molar refractivity (Wildman–Crippen MR) is 63.5 cm³/mol. The van der Waals surface area contributed by atoms with Gasteiger partial charge in [0.15, 0.2) is 0 Å². The van der Waals surface area contributed by atoms with Crippen molar-refractivity contribution in [3.8, 4) is 0 Å². The third-order valence-electron chi connectivity index (χ3n) is 2.78. The van der Waals surface area contributed by atoms with Gasteiger partial charge in [-0.1, -0.05) is 6.08 Å². The molecule has 0 saturated heterocycles. The number of hydrogen-bond donors (Lipinski definition) is 0. The number of amidine groups is 1. The van der Waals surface area contributed by atoms with Crippen LogP contribution in [0.25, 0.3) is 0 Å². The molecule has 21 heavy (non-hydrogen) atoms. The minimum absolute atomic E-state index is 0.481. The zero-order valence-corrected chi connectivity index (χ0v) is 10.9. The van der Waals surface area contributed by atoms with E-state index in [1.807, 2.05) is 0 Å². The van der Waals surface area contributed by atoms with Crippen LogP contribution in [0.2, 0.25) is 0 Å². The van der Waals surface area contributed by atoms with E-state index in [1.54, 1.807) is 0 Å². The number of nitrogens with zero attached hydrogens (tertiary/aromatic N) is 4. The van der Waals surface area contributed by atoms with E-state index in [1.165, 1.54) is 32.4 Å². The van der Waals surface area contributed by atoms with E-state index in [4.69, 9.17) is 0 Å². The van der Waals surface area contributed by atoms with Crippen LogP contribution in [0.1, 0.15) is 0 Å². The number of hydrogen-bond acceptors (Lipinski definition) is 4. The van der Waals surface area contributed by atoms with Crippen LogP contribution in [0, 0.1) is 0 Å². The number of fused-ring (bicyclic) bond motifs is 1. The second-order valence-electron chi connectivity index (χ2n) is 4.51. The molecule has 10 heteroatoms. The van der Waals surface area contributed by atoms with Crippen LogP contribution in [0.3, 0.4) is 0 Å². The lowest BCUT2D eigenvalue weighted by molar-refractivity contribution is -0.293. The van der Waals surface area contributed by atoms with Gasteiger partial charge >= 0.3 is 18.0 Å². The van der Waals surface area contributed by atoms with Crippen molar-refractivity contribution in [3.05, 3.63) is 24.4 Å². The summed E-state index contributed by atoms with van der Waals surface area (Å²) in [5.41, 5.74) is -4.50. The molecule has 0 spiro atoms. The fraction of sp³-hybridized carbons (Fsp3) is 0.455. The van der Waals surface area contributed by atoms with E-state index < -0.39 is 29.8 Å². The maximum Gasteiger partial charge on any atom is 0.443 e. The van der Waals surface area contributed by atoms with Gasteiger partial charge in [0.05, 0.1) is 0 Å². The summed E-state index contributed by atoms with van der Waals surface area (Å²) in [4.78, 5) is 7.85. The summed E-state index contributed by atoms with van der Waals surface area (Å²) in [6, 6.07) is 0. The summed E-state index contributed by atoms with van der Waals surface area (Å²) < 4.78 is 78.4. The van der Waals surface area contributed by atoms with E-state index in [9.17, 15) is 26.3 Å². The van der Waals surface area contributed by atoms with Gasteiger partial charge in [-0.3, -0.25) is 4.90 Å².